The van der Waals surface area contributed by atoms with E-state index in [0.29, 0.717) is 12.1 Å². The fourth-order valence-electron chi connectivity index (χ4n) is 2.86. The minimum Gasteiger partial charge on any atom is -0.367 e. The quantitative estimate of drug-likeness (QED) is 0.873. The second kappa shape index (κ2) is 6.90. The van der Waals surface area contributed by atoms with Crippen LogP contribution in [0, 0.1) is 0 Å². The Balaban J connectivity index is 2.22. The van der Waals surface area contributed by atoms with Crippen molar-refractivity contribution in [2.75, 3.05) is 18.4 Å². The van der Waals surface area contributed by atoms with Crippen molar-refractivity contribution in [3.05, 3.63) is 23.9 Å². The second-order valence-electron chi connectivity index (χ2n) is 5.54. The summed E-state index contributed by atoms with van der Waals surface area (Å²) in [6.45, 7) is 9.04. The fraction of sp³-hybridized carbons (Fsp3) is 0.688. The van der Waals surface area contributed by atoms with Crippen LogP contribution >= 0.6 is 0 Å². The number of anilines is 1. The summed E-state index contributed by atoms with van der Waals surface area (Å²) in [5.41, 5.74) is 1.38. The van der Waals surface area contributed by atoms with Gasteiger partial charge < -0.3 is 5.32 Å². The zero-order chi connectivity index (χ0) is 13.7. The van der Waals surface area contributed by atoms with E-state index in [4.69, 9.17) is 0 Å². The molecule has 2 atom stereocenters. The third kappa shape index (κ3) is 3.47. The van der Waals surface area contributed by atoms with E-state index >= 15 is 0 Å². The van der Waals surface area contributed by atoms with Gasteiger partial charge in [-0.1, -0.05) is 26.3 Å². The molecule has 0 amide bonds. The number of nitrogens with zero attached hydrogens (tertiary/aromatic N) is 2. The number of aromatic nitrogens is 1. The topological polar surface area (TPSA) is 28.2 Å². The van der Waals surface area contributed by atoms with Crippen LogP contribution < -0.4 is 5.32 Å². The van der Waals surface area contributed by atoms with Gasteiger partial charge >= 0.3 is 0 Å². The van der Waals surface area contributed by atoms with Crippen LogP contribution in [0.15, 0.2) is 18.3 Å². The van der Waals surface area contributed by atoms with Crippen LogP contribution in [0.2, 0.25) is 0 Å². The molecule has 2 unspecified atom stereocenters. The standard InChI is InChI=1S/C16H27N3/c1-4-13(3)18-16-14(9-8-11-17-16)15-10-6-7-12-19(15)5-2/h8-9,11,13,15H,4-7,10,12H2,1-3H3,(H,17,18). The van der Waals surface area contributed by atoms with Gasteiger partial charge in [-0.25, -0.2) is 4.98 Å². The number of rotatable bonds is 5. The number of nitrogens with one attached hydrogen (secondary N) is 1. The third-order valence-corrected chi connectivity index (χ3v) is 4.21. The predicted molar refractivity (Wildman–Crippen MR) is 81.5 cm³/mol. The van der Waals surface area contributed by atoms with Crippen molar-refractivity contribution >= 4 is 5.82 Å². The summed E-state index contributed by atoms with van der Waals surface area (Å²) >= 11 is 0. The molecule has 1 fully saturated rings. The average Bonchev–Trinajstić information content (AvgIpc) is 2.47. The number of hydrogen-bond acceptors (Lipinski definition) is 3. The van der Waals surface area contributed by atoms with E-state index in [9.17, 15) is 0 Å². The van der Waals surface area contributed by atoms with Gasteiger partial charge in [0.1, 0.15) is 5.82 Å². The highest BCUT2D eigenvalue weighted by atomic mass is 15.2. The molecule has 0 aromatic carbocycles. The predicted octanol–water partition coefficient (Wildman–Crippen LogP) is 3.84. The molecule has 0 bridgehead atoms. The van der Waals surface area contributed by atoms with Gasteiger partial charge in [0.25, 0.3) is 0 Å². The van der Waals surface area contributed by atoms with Crippen molar-refractivity contribution in [3.63, 3.8) is 0 Å². The van der Waals surface area contributed by atoms with Gasteiger partial charge in [0.05, 0.1) is 0 Å². The largest absolute Gasteiger partial charge is 0.367 e. The Morgan fingerprint density at radius 2 is 2.26 bits per heavy atom. The number of piperidine rings is 1. The molecule has 106 valence electrons. The van der Waals surface area contributed by atoms with Crippen LogP contribution in [0.5, 0.6) is 0 Å². The van der Waals surface area contributed by atoms with Crippen LogP contribution in [0.25, 0.3) is 0 Å². The number of hydrogen-bond donors (Lipinski definition) is 1. The van der Waals surface area contributed by atoms with Crippen LogP contribution in [0.3, 0.4) is 0 Å². The molecule has 0 radical (unpaired) electrons. The van der Waals surface area contributed by atoms with E-state index in [1.165, 1.54) is 31.4 Å². The van der Waals surface area contributed by atoms with E-state index in [0.717, 1.165) is 18.8 Å². The van der Waals surface area contributed by atoms with E-state index in [1.54, 1.807) is 0 Å². The van der Waals surface area contributed by atoms with Crippen LogP contribution in [0.4, 0.5) is 5.82 Å². The Labute approximate surface area is 117 Å². The van der Waals surface area contributed by atoms with E-state index in [-0.39, 0.29) is 0 Å². The van der Waals surface area contributed by atoms with Gasteiger partial charge in [0.15, 0.2) is 0 Å². The van der Waals surface area contributed by atoms with Gasteiger partial charge in [0, 0.05) is 23.8 Å². The normalized spacial score (nSPS) is 22.2. The van der Waals surface area contributed by atoms with Crippen molar-refractivity contribution in [1.29, 1.82) is 0 Å². The Morgan fingerprint density at radius 1 is 1.42 bits per heavy atom. The van der Waals surface area contributed by atoms with E-state index in [2.05, 4.69) is 48.1 Å². The molecule has 1 N–H and O–H groups in total. The summed E-state index contributed by atoms with van der Waals surface area (Å²) in [6, 6.07) is 5.34. The minimum atomic E-state index is 0.479. The van der Waals surface area contributed by atoms with Crippen molar-refractivity contribution in [2.24, 2.45) is 0 Å². The molecule has 19 heavy (non-hydrogen) atoms. The molecule has 1 aliphatic heterocycles. The lowest BCUT2D eigenvalue weighted by molar-refractivity contribution is 0.157. The molecular weight excluding hydrogens is 234 g/mol. The second-order valence-corrected chi connectivity index (χ2v) is 5.54. The number of likely N-dealkylation sites (tertiary alicyclic amines) is 1. The fourth-order valence-corrected chi connectivity index (χ4v) is 2.86. The molecule has 3 nitrogen and oxygen atoms in total. The summed E-state index contributed by atoms with van der Waals surface area (Å²) in [4.78, 5) is 7.16. The lowest BCUT2D eigenvalue weighted by Gasteiger charge is -2.36. The molecule has 2 rings (SSSR count). The molecule has 1 saturated heterocycles. The molecule has 2 heterocycles. The molecule has 1 aromatic rings. The van der Waals surface area contributed by atoms with Gasteiger partial charge in [-0.3, -0.25) is 4.90 Å². The summed E-state index contributed by atoms with van der Waals surface area (Å²) in [5, 5.41) is 3.56. The Kier molecular flexibility index (Phi) is 5.20. The van der Waals surface area contributed by atoms with E-state index < -0.39 is 0 Å². The summed E-state index contributed by atoms with van der Waals surface area (Å²) in [6.07, 6.45) is 6.94. The van der Waals surface area contributed by atoms with Crippen molar-refractivity contribution < 1.29 is 0 Å². The van der Waals surface area contributed by atoms with Crippen molar-refractivity contribution in [2.45, 2.75) is 58.5 Å². The van der Waals surface area contributed by atoms with Gasteiger partial charge in [0.2, 0.25) is 0 Å². The zero-order valence-electron chi connectivity index (χ0n) is 12.5. The molecule has 0 saturated carbocycles. The third-order valence-electron chi connectivity index (χ3n) is 4.21. The first-order chi connectivity index (χ1) is 9.26. The maximum Gasteiger partial charge on any atom is 0.130 e. The zero-order valence-corrected chi connectivity index (χ0v) is 12.5. The Morgan fingerprint density at radius 3 is 3.00 bits per heavy atom. The first-order valence-electron chi connectivity index (χ1n) is 7.71. The number of pyridine rings is 1. The maximum atomic E-state index is 4.57. The average molecular weight is 261 g/mol. The lowest BCUT2D eigenvalue weighted by atomic mass is 9.95. The SMILES string of the molecule is CCC(C)Nc1ncccc1C1CCCCN1CC. The molecule has 0 spiro atoms. The maximum absolute atomic E-state index is 4.57. The van der Waals surface area contributed by atoms with Gasteiger partial charge in [-0.2, -0.15) is 0 Å². The first kappa shape index (κ1) is 14.3. The van der Waals surface area contributed by atoms with E-state index in [1.807, 2.05) is 6.20 Å². The molecule has 3 heteroatoms. The Hall–Kier alpha value is -1.09. The highest BCUT2D eigenvalue weighted by Crippen LogP contribution is 2.33. The summed E-state index contributed by atoms with van der Waals surface area (Å²) < 4.78 is 0. The molecule has 1 aliphatic rings. The van der Waals surface area contributed by atoms with Crippen molar-refractivity contribution in [3.8, 4) is 0 Å². The molecule has 0 aliphatic carbocycles. The summed E-state index contributed by atoms with van der Waals surface area (Å²) in [5.74, 6) is 1.09. The highest BCUT2D eigenvalue weighted by Gasteiger charge is 2.25. The van der Waals surface area contributed by atoms with Crippen LogP contribution in [-0.2, 0) is 0 Å². The van der Waals surface area contributed by atoms with Gasteiger partial charge in [-0.15, -0.1) is 0 Å². The minimum absolute atomic E-state index is 0.479. The monoisotopic (exact) mass is 261 g/mol. The van der Waals surface area contributed by atoms with Gasteiger partial charge in [-0.05, 0) is 45.3 Å². The van der Waals surface area contributed by atoms with Crippen LogP contribution in [-0.4, -0.2) is 29.0 Å². The van der Waals surface area contributed by atoms with Crippen molar-refractivity contribution in [1.82, 2.24) is 9.88 Å². The first-order valence-corrected chi connectivity index (χ1v) is 7.71. The molecular formula is C16H27N3. The molecule has 1 aromatic heterocycles. The Bertz CT molecular complexity index is 391. The lowest BCUT2D eigenvalue weighted by Crippen LogP contribution is -2.34. The smallest absolute Gasteiger partial charge is 0.130 e. The highest BCUT2D eigenvalue weighted by molar-refractivity contribution is 5.46. The summed E-state index contributed by atoms with van der Waals surface area (Å²) in [7, 11) is 0. The van der Waals surface area contributed by atoms with Crippen LogP contribution in [0.1, 0.15) is 58.1 Å².